The number of unbranched alkanes of at least 4 members (excludes halogenated alkanes) is 1. The molecule has 2 heterocycles. The minimum atomic E-state index is -0.0570. The molecule has 2 amide bonds. The highest BCUT2D eigenvalue weighted by Crippen LogP contribution is 2.38. The summed E-state index contributed by atoms with van der Waals surface area (Å²) in [7, 11) is 0. The normalized spacial score (nSPS) is 15.9. The van der Waals surface area contributed by atoms with Crippen molar-refractivity contribution in [1.82, 2.24) is 4.90 Å². The molecular weight excluding hydrogens is 499 g/mol. The Morgan fingerprint density at radius 2 is 1.86 bits per heavy atom. The molecular formula is C27H34Cl2N4O3. The third kappa shape index (κ3) is 6.84. The van der Waals surface area contributed by atoms with Gasteiger partial charge in [-0.15, -0.1) is 0 Å². The van der Waals surface area contributed by atoms with Gasteiger partial charge in [-0.3, -0.25) is 14.5 Å². The van der Waals surface area contributed by atoms with Crippen molar-refractivity contribution in [3.63, 3.8) is 0 Å². The van der Waals surface area contributed by atoms with Crippen molar-refractivity contribution in [3.8, 4) is 5.75 Å². The third-order valence-corrected chi connectivity index (χ3v) is 7.51. The topological polar surface area (TPSA) is 73.9 Å². The van der Waals surface area contributed by atoms with E-state index in [1.54, 1.807) is 0 Å². The lowest BCUT2D eigenvalue weighted by molar-refractivity contribution is -0.117. The van der Waals surface area contributed by atoms with Crippen LogP contribution in [0.25, 0.3) is 0 Å². The van der Waals surface area contributed by atoms with Gasteiger partial charge in [0.2, 0.25) is 11.8 Å². The fourth-order valence-corrected chi connectivity index (χ4v) is 5.09. The van der Waals surface area contributed by atoms with Gasteiger partial charge >= 0.3 is 0 Å². The lowest BCUT2D eigenvalue weighted by Gasteiger charge is -2.36. The van der Waals surface area contributed by atoms with E-state index in [0.717, 1.165) is 75.5 Å². The first-order chi connectivity index (χ1) is 17.4. The van der Waals surface area contributed by atoms with Gasteiger partial charge < -0.3 is 20.3 Å². The second-order valence-electron chi connectivity index (χ2n) is 9.31. The molecule has 0 unspecified atom stereocenters. The molecule has 4 rings (SSSR count). The zero-order valence-corrected chi connectivity index (χ0v) is 22.3. The molecule has 2 aromatic rings. The standard InChI is InChI=1S/C27H34Cl2N4O3/c1-2-5-24(34)30-21-9-10-23(27(29)26(21)28)33-15-13-32(14-16-33)12-3-4-17-36-20-8-6-19-7-11-25(35)31-22(19)18-20/h6,8-10,18H,2-5,7,11-17H2,1H3,(H,30,34)(H,31,35). The second-order valence-corrected chi connectivity index (χ2v) is 10.1. The summed E-state index contributed by atoms with van der Waals surface area (Å²) in [6.45, 7) is 7.28. The molecule has 0 atom stereocenters. The lowest BCUT2D eigenvalue weighted by atomic mass is 10.0. The Morgan fingerprint density at radius 1 is 1.06 bits per heavy atom. The van der Waals surface area contributed by atoms with E-state index < -0.39 is 0 Å². The zero-order valence-electron chi connectivity index (χ0n) is 20.7. The number of hydrogen-bond acceptors (Lipinski definition) is 5. The summed E-state index contributed by atoms with van der Waals surface area (Å²) in [5.74, 6) is 0.813. The number of nitrogens with one attached hydrogen (secondary N) is 2. The fourth-order valence-electron chi connectivity index (χ4n) is 4.60. The monoisotopic (exact) mass is 532 g/mol. The number of hydrogen-bond donors (Lipinski definition) is 2. The maximum Gasteiger partial charge on any atom is 0.224 e. The molecule has 194 valence electrons. The Kier molecular flexibility index (Phi) is 9.35. The van der Waals surface area contributed by atoms with Gasteiger partial charge in [-0.2, -0.15) is 0 Å². The maximum absolute atomic E-state index is 11.9. The van der Waals surface area contributed by atoms with E-state index in [4.69, 9.17) is 27.9 Å². The number of benzene rings is 2. The molecule has 0 bridgehead atoms. The minimum absolute atomic E-state index is 0.0570. The number of piperazine rings is 1. The minimum Gasteiger partial charge on any atom is -0.494 e. The van der Waals surface area contributed by atoms with E-state index in [1.165, 1.54) is 5.56 Å². The highest BCUT2D eigenvalue weighted by molar-refractivity contribution is 6.45. The molecule has 9 heteroatoms. The number of amides is 2. The maximum atomic E-state index is 11.9. The molecule has 0 radical (unpaired) electrons. The van der Waals surface area contributed by atoms with Crippen molar-refractivity contribution < 1.29 is 14.3 Å². The van der Waals surface area contributed by atoms with Gasteiger partial charge in [-0.25, -0.2) is 0 Å². The van der Waals surface area contributed by atoms with E-state index in [0.29, 0.717) is 35.2 Å². The van der Waals surface area contributed by atoms with E-state index in [1.807, 2.05) is 37.3 Å². The highest BCUT2D eigenvalue weighted by Gasteiger charge is 2.21. The smallest absolute Gasteiger partial charge is 0.224 e. The van der Waals surface area contributed by atoms with Gasteiger partial charge in [0.05, 0.1) is 28.0 Å². The number of fused-ring (bicyclic) bond motifs is 1. The molecule has 0 aliphatic carbocycles. The number of ether oxygens (including phenoxy) is 1. The van der Waals surface area contributed by atoms with Crippen LogP contribution in [-0.2, 0) is 16.0 Å². The predicted octanol–water partition coefficient (Wildman–Crippen LogP) is 5.60. The predicted molar refractivity (Wildman–Crippen MR) is 147 cm³/mol. The first kappa shape index (κ1) is 26.6. The summed E-state index contributed by atoms with van der Waals surface area (Å²) in [4.78, 5) is 28.2. The molecule has 1 saturated heterocycles. The van der Waals surface area contributed by atoms with E-state index >= 15 is 0 Å². The SMILES string of the molecule is CCCC(=O)Nc1ccc(N2CCN(CCCCOc3ccc4c(c3)NC(=O)CC4)CC2)c(Cl)c1Cl. The quantitative estimate of drug-likeness (QED) is 0.389. The molecule has 36 heavy (non-hydrogen) atoms. The van der Waals surface area contributed by atoms with Crippen LogP contribution in [0.2, 0.25) is 10.0 Å². The van der Waals surface area contributed by atoms with Crippen molar-refractivity contribution >= 4 is 52.1 Å². The van der Waals surface area contributed by atoms with Crippen molar-refractivity contribution in [2.45, 2.75) is 45.4 Å². The Morgan fingerprint density at radius 3 is 2.64 bits per heavy atom. The van der Waals surface area contributed by atoms with Crippen molar-refractivity contribution in [2.75, 3.05) is 54.9 Å². The van der Waals surface area contributed by atoms with Crippen LogP contribution < -0.4 is 20.3 Å². The molecule has 0 spiro atoms. The van der Waals surface area contributed by atoms with Gasteiger partial charge in [-0.1, -0.05) is 36.2 Å². The summed E-state index contributed by atoms with van der Waals surface area (Å²) in [5, 5.41) is 6.63. The lowest BCUT2D eigenvalue weighted by Crippen LogP contribution is -2.46. The van der Waals surface area contributed by atoms with Crippen LogP contribution in [0.4, 0.5) is 17.1 Å². The Bertz CT molecular complexity index is 1090. The fraction of sp³-hybridized carbons (Fsp3) is 0.481. The number of aryl methyl sites for hydroxylation is 1. The Balaban J connectivity index is 1.18. The van der Waals surface area contributed by atoms with Crippen molar-refractivity contribution in [1.29, 1.82) is 0 Å². The number of rotatable bonds is 10. The van der Waals surface area contributed by atoms with Crippen LogP contribution in [0.3, 0.4) is 0 Å². The molecule has 2 aromatic carbocycles. The Hall–Kier alpha value is -2.48. The molecule has 2 aliphatic heterocycles. The number of halogens is 2. The summed E-state index contributed by atoms with van der Waals surface area (Å²) < 4.78 is 5.91. The molecule has 2 aliphatic rings. The van der Waals surface area contributed by atoms with Crippen LogP contribution >= 0.6 is 23.2 Å². The molecule has 0 aromatic heterocycles. The van der Waals surface area contributed by atoms with E-state index in [9.17, 15) is 9.59 Å². The molecule has 2 N–H and O–H groups in total. The highest BCUT2D eigenvalue weighted by atomic mass is 35.5. The first-order valence-corrected chi connectivity index (χ1v) is 13.5. The summed E-state index contributed by atoms with van der Waals surface area (Å²) in [5.41, 5.74) is 3.51. The van der Waals surface area contributed by atoms with E-state index in [2.05, 4.69) is 20.4 Å². The van der Waals surface area contributed by atoms with Gasteiger partial charge in [0.1, 0.15) is 5.75 Å². The van der Waals surface area contributed by atoms with Crippen LogP contribution in [0, 0.1) is 0 Å². The summed E-state index contributed by atoms with van der Waals surface area (Å²) in [6.07, 6.45) is 4.60. The second kappa shape index (κ2) is 12.7. The number of anilines is 3. The molecule has 0 saturated carbocycles. The Labute approximate surface area is 223 Å². The van der Waals surface area contributed by atoms with Crippen LogP contribution in [0.1, 0.15) is 44.6 Å². The average molecular weight is 534 g/mol. The van der Waals surface area contributed by atoms with Gasteiger partial charge in [0.25, 0.3) is 0 Å². The van der Waals surface area contributed by atoms with E-state index in [-0.39, 0.29) is 11.8 Å². The van der Waals surface area contributed by atoms with Crippen LogP contribution in [0.15, 0.2) is 30.3 Å². The number of carbonyl (C=O) groups is 2. The van der Waals surface area contributed by atoms with Gasteiger partial charge in [-0.05, 0) is 56.0 Å². The van der Waals surface area contributed by atoms with Crippen LogP contribution in [-0.4, -0.2) is 56.0 Å². The zero-order chi connectivity index (χ0) is 25.5. The number of carbonyl (C=O) groups excluding carboxylic acids is 2. The van der Waals surface area contributed by atoms with Gasteiger partial charge in [0.15, 0.2) is 0 Å². The van der Waals surface area contributed by atoms with Crippen molar-refractivity contribution in [3.05, 3.63) is 45.9 Å². The first-order valence-electron chi connectivity index (χ1n) is 12.8. The summed E-state index contributed by atoms with van der Waals surface area (Å²) >= 11 is 13.0. The largest absolute Gasteiger partial charge is 0.494 e. The molecule has 1 fully saturated rings. The molecule has 7 nitrogen and oxygen atoms in total. The average Bonchev–Trinajstić information content (AvgIpc) is 2.87. The summed E-state index contributed by atoms with van der Waals surface area (Å²) in [6, 6.07) is 9.72. The van der Waals surface area contributed by atoms with Crippen LogP contribution in [0.5, 0.6) is 5.75 Å². The van der Waals surface area contributed by atoms with Crippen molar-refractivity contribution in [2.24, 2.45) is 0 Å². The van der Waals surface area contributed by atoms with Gasteiger partial charge in [0, 0.05) is 50.8 Å². The number of nitrogens with zero attached hydrogens (tertiary/aromatic N) is 2. The third-order valence-electron chi connectivity index (χ3n) is 6.64.